The predicted octanol–water partition coefficient (Wildman–Crippen LogP) is 5.27. The van der Waals surface area contributed by atoms with Crippen molar-refractivity contribution in [2.75, 3.05) is 13.2 Å². The number of hydrogen-bond donors (Lipinski definition) is 1. The quantitative estimate of drug-likeness (QED) is 0.262. The lowest BCUT2D eigenvalue weighted by Gasteiger charge is -2.22. The minimum atomic E-state index is -3.85. The Morgan fingerprint density at radius 3 is 2.58 bits per heavy atom. The average molecular weight is 577 g/mol. The molecule has 0 saturated carbocycles. The molecular formula is C27H27Cl2N3O5S. The van der Waals surface area contributed by atoms with Crippen LogP contribution in [0.15, 0.2) is 76.7 Å². The van der Waals surface area contributed by atoms with E-state index in [1.165, 1.54) is 34.8 Å². The van der Waals surface area contributed by atoms with E-state index in [4.69, 9.17) is 32.7 Å². The maximum atomic E-state index is 13.1. The molecule has 1 atom stereocenters. The van der Waals surface area contributed by atoms with Gasteiger partial charge < -0.3 is 9.47 Å². The third-order valence-corrected chi connectivity index (χ3v) is 8.47. The van der Waals surface area contributed by atoms with E-state index in [2.05, 4.69) is 10.5 Å². The minimum Gasteiger partial charge on any atom is -0.490 e. The maximum Gasteiger partial charge on any atom is 0.258 e. The van der Waals surface area contributed by atoms with Gasteiger partial charge >= 0.3 is 0 Å². The number of ether oxygens (including phenoxy) is 2. The molecule has 0 bridgehead atoms. The number of benzene rings is 3. The zero-order chi connectivity index (χ0) is 27.1. The SMILES string of the molecule is CCOc1cc(/C=N\NC(=O)[C@H]2CCCN2S(=O)(=O)c2ccc(Cl)cc2)ccc1OCc1ccccc1Cl. The molecule has 0 aliphatic carbocycles. The van der Waals surface area contributed by atoms with Crippen LogP contribution in [0.5, 0.6) is 11.5 Å². The fourth-order valence-corrected chi connectivity index (χ4v) is 6.01. The molecule has 1 aliphatic rings. The van der Waals surface area contributed by atoms with E-state index < -0.39 is 22.0 Å². The monoisotopic (exact) mass is 575 g/mol. The summed E-state index contributed by atoms with van der Waals surface area (Å²) in [5, 5.41) is 5.10. The number of carbonyl (C=O) groups is 1. The lowest BCUT2D eigenvalue weighted by atomic mass is 10.2. The topological polar surface area (TPSA) is 97.3 Å². The molecule has 3 aromatic rings. The van der Waals surface area contributed by atoms with Gasteiger partial charge in [-0.15, -0.1) is 0 Å². The molecule has 11 heteroatoms. The minimum absolute atomic E-state index is 0.0883. The third kappa shape index (κ3) is 6.66. The second-order valence-electron chi connectivity index (χ2n) is 8.48. The van der Waals surface area contributed by atoms with Crippen molar-refractivity contribution < 1.29 is 22.7 Å². The summed E-state index contributed by atoms with van der Waals surface area (Å²) in [7, 11) is -3.85. The zero-order valence-electron chi connectivity index (χ0n) is 20.6. The van der Waals surface area contributed by atoms with Gasteiger partial charge in [0.1, 0.15) is 12.6 Å². The van der Waals surface area contributed by atoms with Crippen LogP contribution in [0.3, 0.4) is 0 Å². The van der Waals surface area contributed by atoms with Crippen molar-refractivity contribution in [1.82, 2.24) is 9.73 Å². The zero-order valence-corrected chi connectivity index (χ0v) is 23.0. The van der Waals surface area contributed by atoms with Gasteiger partial charge in [0.05, 0.1) is 17.7 Å². The first-order valence-electron chi connectivity index (χ1n) is 12.0. The van der Waals surface area contributed by atoms with Crippen molar-refractivity contribution in [2.45, 2.75) is 37.3 Å². The van der Waals surface area contributed by atoms with E-state index in [0.29, 0.717) is 46.6 Å². The Bertz CT molecular complexity index is 1410. The summed E-state index contributed by atoms with van der Waals surface area (Å²) in [5.41, 5.74) is 3.99. The van der Waals surface area contributed by atoms with Crippen LogP contribution in [0.2, 0.25) is 10.0 Å². The summed E-state index contributed by atoms with van der Waals surface area (Å²) in [5.74, 6) is 0.564. The normalized spacial score (nSPS) is 16.0. The molecule has 4 rings (SSSR count). The number of rotatable bonds is 10. The lowest BCUT2D eigenvalue weighted by Crippen LogP contribution is -2.44. The summed E-state index contributed by atoms with van der Waals surface area (Å²) < 4.78 is 39.0. The fourth-order valence-electron chi connectivity index (χ4n) is 4.04. The molecule has 200 valence electrons. The number of halogens is 2. The highest BCUT2D eigenvalue weighted by atomic mass is 35.5. The van der Waals surface area contributed by atoms with Gasteiger partial charge in [0.15, 0.2) is 11.5 Å². The molecule has 1 amide bonds. The van der Waals surface area contributed by atoms with Crippen LogP contribution in [0, 0.1) is 0 Å². The summed E-state index contributed by atoms with van der Waals surface area (Å²) in [6.45, 7) is 2.82. The van der Waals surface area contributed by atoms with Crippen LogP contribution in [-0.2, 0) is 21.4 Å². The van der Waals surface area contributed by atoms with Gasteiger partial charge in [-0.2, -0.15) is 9.41 Å². The molecule has 0 unspecified atom stereocenters. The molecule has 1 fully saturated rings. The molecular weight excluding hydrogens is 549 g/mol. The fraction of sp³-hybridized carbons (Fsp3) is 0.259. The van der Waals surface area contributed by atoms with Crippen LogP contribution >= 0.6 is 23.2 Å². The first kappa shape index (κ1) is 27.9. The number of nitrogens with one attached hydrogen (secondary N) is 1. The largest absolute Gasteiger partial charge is 0.490 e. The first-order chi connectivity index (χ1) is 18.3. The predicted molar refractivity (Wildman–Crippen MR) is 147 cm³/mol. The Labute approximate surface area is 232 Å². The molecule has 38 heavy (non-hydrogen) atoms. The number of hydrogen-bond acceptors (Lipinski definition) is 6. The van der Waals surface area contributed by atoms with E-state index in [9.17, 15) is 13.2 Å². The van der Waals surface area contributed by atoms with Crippen molar-refractivity contribution in [1.29, 1.82) is 0 Å². The van der Waals surface area contributed by atoms with Crippen LogP contribution in [0.4, 0.5) is 0 Å². The molecule has 8 nitrogen and oxygen atoms in total. The summed E-state index contributed by atoms with van der Waals surface area (Å²) in [6, 6.07) is 17.7. The van der Waals surface area contributed by atoms with Crippen LogP contribution in [0.25, 0.3) is 0 Å². The van der Waals surface area contributed by atoms with Gasteiger partial charge in [-0.1, -0.05) is 41.4 Å². The van der Waals surface area contributed by atoms with E-state index >= 15 is 0 Å². The molecule has 0 aromatic heterocycles. The Balaban J connectivity index is 1.41. The van der Waals surface area contributed by atoms with Crippen LogP contribution in [0.1, 0.15) is 30.9 Å². The van der Waals surface area contributed by atoms with Gasteiger partial charge in [-0.25, -0.2) is 13.8 Å². The van der Waals surface area contributed by atoms with E-state index in [-0.39, 0.29) is 18.0 Å². The summed E-state index contributed by atoms with van der Waals surface area (Å²) in [6.07, 6.45) is 2.44. The summed E-state index contributed by atoms with van der Waals surface area (Å²) >= 11 is 12.1. The van der Waals surface area contributed by atoms with Crippen LogP contribution in [-0.4, -0.2) is 44.0 Å². The summed E-state index contributed by atoms with van der Waals surface area (Å²) in [4.78, 5) is 12.9. The number of hydrazone groups is 1. The Hall–Kier alpha value is -3.11. The second-order valence-corrected chi connectivity index (χ2v) is 11.2. The molecule has 1 aliphatic heterocycles. The van der Waals surface area contributed by atoms with Crippen molar-refractivity contribution in [3.8, 4) is 11.5 Å². The molecule has 1 N–H and O–H groups in total. The number of carbonyl (C=O) groups excluding carboxylic acids is 1. The van der Waals surface area contributed by atoms with Crippen molar-refractivity contribution in [3.05, 3.63) is 87.9 Å². The Kier molecular flexibility index (Phi) is 9.27. The van der Waals surface area contributed by atoms with Crippen molar-refractivity contribution >= 4 is 45.3 Å². The number of nitrogens with zero attached hydrogens (tertiary/aromatic N) is 2. The smallest absolute Gasteiger partial charge is 0.258 e. The highest BCUT2D eigenvalue weighted by molar-refractivity contribution is 7.89. The van der Waals surface area contributed by atoms with Crippen molar-refractivity contribution in [2.24, 2.45) is 5.10 Å². The molecule has 3 aromatic carbocycles. The molecule has 1 saturated heterocycles. The lowest BCUT2D eigenvalue weighted by molar-refractivity contribution is -0.124. The van der Waals surface area contributed by atoms with E-state index in [0.717, 1.165) is 5.56 Å². The number of amides is 1. The van der Waals surface area contributed by atoms with E-state index in [1.54, 1.807) is 24.3 Å². The third-order valence-electron chi connectivity index (χ3n) is 5.92. The van der Waals surface area contributed by atoms with Crippen LogP contribution < -0.4 is 14.9 Å². The highest BCUT2D eigenvalue weighted by Crippen LogP contribution is 2.30. The Morgan fingerprint density at radius 2 is 1.84 bits per heavy atom. The van der Waals surface area contributed by atoms with Gasteiger partial charge in [-0.05, 0) is 73.9 Å². The highest BCUT2D eigenvalue weighted by Gasteiger charge is 2.39. The van der Waals surface area contributed by atoms with Gasteiger partial charge in [-0.3, -0.25) is 4.79 Å². The standard InChI is InChI=1S/C27H27Cl2N3O5S/c1-2-36-26-16-19(9-14-25(26)37-18-20-6-3-4-7-23(20)29)17-30-31-27(33)24-8-5-15-32(24)38(34,35)22-12-10-21(28)11-13-22/h3-4,6-7,9-14,16-17,24H,2,5,8,15,18H2,1H3,(H,31,33)/b30-17-/t24-/m1/s1. The first-order valence-corrected chi connectivity index (χ1v) is 14.2. The number of sulfonamides is 1. The van der Waals surface area contributed by atoms with Gasteiger partial charge in [0.25, 0.3) is 5.91 Å². The van der Waals surface area contributed by atoms with E-state index in [1.807, 2.05) is 25.1 Å². The molecule has 0 radical (unpaired) electrons. The Morgan fingerprint density at radius 1 is 1.08 bits per heavy atom. The van der Waals surface area contributed by atoms with Crippen molar-refractivity contribution in [3.63, 3.8) is 0 Å². The van der Waals surface area contributed by atoms with Gasteiger partial charge in [0, 0.05) is 22.2 Å². The maximum absolute atomic E-state index is 13.1. The molecule has 1 heterocycles. The van der Waals surface area contributed by atoms with Gasteiger partial charge in [0.2, 0.25) is 10.0 Å². The second kappa shape index (κ2) is 12.6. The average Bonchev–Trinajstić information content (AvgIpc) is 3.41. The molecule has 0 spiro atoms.